The lowest BCUT2D eigenvalue weighted by Crippen LogP contribution is -2.05. The minimum absolute atomic E-state index is 0.390. The third-order valence-electron chi connectivity index (χ3n) is 2.48. The van der Waals surface area contributed by atoms with Crippen molar-refractivity contribution in [3.63, 3.8) is 0 Å². The summed E-state index contributed by atoms with van der Waals surface area (Å²) < 4.78 is 14.0. The topological polar surface area (TPSA) is 46.2 Å². The molecule has 0 aliphatic carbocycles. The fourth-order valence-corrected chi connectivity index (χ4v) is 3.14. The first-order chi connectivity index (χ1) is 8.08. The summed E-state index contributed by atoms with van der Waals surface area (Å²) in [5.74, 6) is -0.390. The Balaban J connectivity index is 2.23. The van der Waals surface area contributed by atoms with Crippen molar-refractivity contribution < 1.29 is 9.50 Å². The van der Waals surface area contributed by atoms with Crippen LogP contribution in [0.1, 0.15) is 16.5 Å². The van der Waals surface area contributed by atoms with Crippen molar-refractivity contribution in [1.29, 1.82) is 0 Å². The highest BCUT2D eigenvalue weighted by Crippen LogP contribution is 2.30. The highest BCUT2D eigenvalue weighted by Gasteiger charge is 2.15. The van der Waals surface area contributed by atoms with Crippen LogP contribution in [0.5, 0.6) is 0 Å². The summed E-state index contributed by atoms with van der Waals surface area (Å²) in [5, 5.41) is 12.0. The molecule has 2 aromatic rings. The number of benzene rings is 1. The van der Waals surface area contributed by atoms with Gasteiger partial charge in [0.25, 0.3) is 0 Å². The molecule has 0 aliphatic heterocycles. The van der Waals surface area contributed by atoms with E-state index in [1.807, 2.05) is 11.4 Å². The molecule has 1 aromatic heterocycles. The SMILES string of the molecule is Nc1ccc(F)cc1C(O)Cc1sccc1Br. The minimum Gasteiger partial charge on any atom is -0.398 e. The maximum absolute atomic E-state index is 13.1. The van der Waals surface area contributed by atoms with Gasteiger partial charge in [0, 0.05) is 27.0 Å². The van der Waals surface area contributed by atoms with Crippen molar-refractivity contribution in [3.8, 4) is 0 Å². The Kier molecular flexibility index (Phi) is 3.81. The predicted molar refractivity (Wildman–Crippen MR) is 71.5 cm³/mol. The van der Waals surface area contributed by atoms with Crippen molar-refractivity contribution in [2.75, 3.05) is 5.73 Å². The Bertz CT molecular complexity index is 529. The van der Waals surface area contributed by atoms with Crippen LogP contribution < -0.4 is 5.73 Å². The summed E-state index contributed by atoms with van der Waals surface area (Å²) in [4.78, 5) is 1.01. The smallest absolute Gasteiger partial charge is 0.123 e. The van der Waals surface area contributed by atoms with Gasteiger partial charge in [-0.1, -0.05) is 0 Å². The normalized spacial score (nSPS) is 12.6. The van der Waals surface area contributed by atoms with E-state index in [-0.39, 0.29) is 0 Å². The van der Waals surface area contributed by atoms with Crippen LogP contribution in [0, 0.1) is 5.82 Å². The number of nitrogens with two attached hydrogens (primary N) is 1. The van der Waals surface area contributed by atoms with Gasteiger partial charge in [-0.05, 0) is 45.6 Å². The van der Waals surface area contributed by atoms with E-state index in [0.29, 0.717) is 17.7 Å². The van der Waals surface area contributed by atoms with Gasteiger partial charge in [-0.15, -0.1) is 11.3 Å². The van der Waals surface area contributed by atoms with E-state index < -0.39 is 11.9 Å². The highest BCUT2D eigenvalue weighted by atomic mass is 79.9. The molecule has 2 rings (SSSR count). The molecule has 3 N–H and O–H groups in total. The summed E-state index contributed by atoms with van der Waals surface area (Å²) in [6.45, 7) is 0. The fourth-order valence-electron chi connectivity index (χ4n) is 1.59. The van der Waals surface area contributed by atoms with Gasteiger partial charge in [0.2, 0.25) is 0 Å². The van der Waals surface area contributed by atoms with Crippen LogP contribution >= 0.6 is 27.3 Å². The second kappa shape index (κ2) is 5.16. The van der Waals surface area contributed by atoms with Gasteiger partial charge in [-0.2, -0.15) is 0 Å². The molecule has 0 bridgehead atoms. The van der Waals surface area contributed by atoms with Crippen LogP contribution in [-0.2, 0) is 6.42 Å². The first-order valence-electron chi connectivity index (χ1n) is 5.03. The zero-order chi connectivity index (χ0) is 12.4. The number of nitrogen functional groups attached to an aromatic ring is 1. The molecule has 90 valence electrons. The molecule has 2 nitrogen and oxygen atoms in total. The molecule has 1 heterocycles. The molecule has 0 amide bonds. The monoisotopic (exact) mass is 315 g/mol. The summed E-state index contributed by atoms with van der Waals surface area (Å²) >= 11 is 4.94. The Labute approximate surface area is 111 Å². The van der Waals surface area contributed by atoms with Crippen LogP contribution in [0.2, 0.25) is 0 Å². The van der Waals surface area contributed by atoms with Gasteiger partial charge in [0.15, 0.2) is 0 Å². The summed E-state index contributed by atoms with van der Waals surface area (Å²) in [6, 6.07) is 5.95. The Hall–Kier alpha value is -0.910. The summed E-state index contributed by atoms with van der Waals surface area (Å²) in [7, 11) is 0. The van der Waals surface area contributed by atoms with E-state index in [2.05, 4.69) is 15.9 Å². The van der Waals surface area contributed by atoms with Gasteiger partial charge >= 0.3 is 0 Å². The van der Waals surface area contributed by atoms with Crippen molar-refractivity contribution in [2.45, 2.75) is 12.5 Å². The Morgan fingerprint density at radius 1 is 1.41 bits per heavy atom. The third kappa shape index (κ3) is 2.86. The number of halogens is 2. The summed E-state index contributed by atoms with van der Waals surface area (Å²) in [5.41, 5.74) is 6.57. The zero-order valence-electron chi connectivity index (χ0n) is 8.86. The molecule has 0 saturated heterocycles. The largest absolute Gasteiger partial charge is 0.398 e. The van der Waals surface area contributed by atoms with E-state index >= 15 is 0 Å². The fraction of sp³-hybridized carbons (Fsp3) is 0.167. The van der Waals surface area contributed by atoms with Gasteiger partial charge < -0.3 is 10.8 Å². The van der Waals surface area contributed by atoms with Crippen molar-refractivity contribution in [3.05, 3.63) is 50.4 Å². The lowest BCUT2D eigenvalue weighted by molar-refractivity contribution is 0.179. The van der Waals surface area contributed by atoms with Gasteiger partial charge in [-0.25, -0.2) is 4.39 Å². The van der Waals surface area contributed by atoms with E-state index in [4.69, 9.17) is 5.73 Å². The van der Waals surface area contributed by atoms with Gasteiger partial charge in [0.05, 0.1) is 6.10 Å². The highest BCUT2D eigenvalue weighted by molar-refractivity contribution is 9.10. The van der Waals surface area contributed by atoms with Crippen molar-refractivity contribution in [1.82, 2.24) is 0 Å². The molecular formula is C12H11BrFNOS. The molecule has 0 spiro atoms. The maximum atomic E-state index is 13.1. The molecular weight excluding hydrogens is 305 g/mol. The zero-order valence-corrected chi connectivity index (χ0v) is 11.3. The number of aliphatic hydroxyl groups excluding tert-OH is 1. The molecule has 0 radical (unpaired) electrons. The lowest BCUT2D eigenvalue weighted by Gasteiger charge is -2.13. The number of thiophene rings is 1. The summed E-state index contributed by atoms with van der Waals surface area (Å²) in [6.07, 6.45) is -0.369. The van der Waals surface area contributed by atoms with Crippen LogP contribution in [0.15, 0.2) is 34.1 Å². The van der Waals surface area contributed by atoms with Crippen molar-refractivity contribution in [2.24, 2.45) is 0 Å². The van der Waals surface area contributed by atoms with Crippen LogP contribution in [-0.4, -0.2) is 5.11 Å². The van der Waals surface area contributed by atoms with E-state index in [9.17, 15) is 9.50 Å². The average molecular weight is 316 g/mol. The number of aliphatic hydroxyl groups is 1. The molecule has 1 unspecified atom stereocenters. The average Bonchev–Trinajstić information content (AvgIpc) is 2.68. The van der Waals surface area contributed by atoms with Gasteiger partial charge in [-0.3, -0.25) is 0 Å². The van der Waals surface area contributed by atoms with Crippen LogP contribution in [0.3, 0.4) is 0 Å². The van der Waals surface area contributed by atoms with E-state index in [1.54, 1.807) is 11.3 Å². The standard InChI is InChI=1S/C12H11BrFNOS/c13-9-3-4-17-12(9)6-11(16)8-5-7(14)1-2-10(8)15/h1-5,11,16H,6,15H2. The molecule has 1 atom stereocenters. The number of anilines is 1. The minimum atomic E-state index is -0.791. The van der Waals surface area contributed by atoms with Gasteiger partial charge in [0.1, 0.15) is 5.82 Å². The first kappa shape index (κ1) is 12.5. The molecule has 0 saturated carbocycles. The Morgan fingerprint density at radius 3 is 2.82 bits per heavy atom. The van der Waals surface area contributed by atoms with Crippen LogP contribution in [0.25, 0.3) is 0 Å². The second-order valence-corrected chi connectivity index (χ2v) is 5.54. The van der Waals surface area contributed by atoms with E-state index in [1.165, 1.54) is 18.2 Å². The first-order valence-corrected chi connectivity index (χ1v) is 6.70. The maximum Gasteiger partial charge on any atom is 0.123 e. The van der Waals surface area contributed by atoms with E-state index in [0.717, 1.165) is 9.35 Å². The molecule has 0 aliphatic rings. The van der Waals surface area contributed by atoms with Crippen molar-refractivity contribution >= 4 is 33.0 Å². The Morgan fingerprint density at radius 2 is 2.18 bits per heavy atom. The molecule has 17 heavy (non-hydrogen) atoms. The predicted octanol–water partition coefficient (Wildman–Crippen LogP) is 3.51. The molecule has 5 heteroatoms. The number of hydrogen-bond donors (Lipinski definition) is 2. The number of rotatable bonds is 3. The molecule has 0 fully saturated rings. The molecule has 1 aromatic carbocycles. The van der Waals surface area contributed by atoms with Crippen LogP contribution in [0.4, 0.5) is 10.1 Å². The second-order valence-electron chi connectivity index (χ2n) is 3.68. The quantitative estimate of drug-likeness (QED) is 0.851. The third-order valence-corrected chi connectivity index (χ3v) is 4.43. The lowest BCUT2D eigenvalue weighted by atomic mass is 10.0. The number of hydrogen-bond acceptors (Lipinski definition) is 3.